The molecule has 43 heavy (non-hydrogen) atoms. The summed E-state index contributed by atoms with van der Waals surface area (Å²) < 4.78 is 22.2. The quantitative estimate of drug-likeness (QED) is 0.420. The van der Waals surface area contributed by atoms with E-state index in [-0.39, 0.29) is 34.8 Å². The molecule has 0 spiro atoms. The first-order valence-corrected chi connectivity index (χ1v) is 14.1. The van der Waals surface area contributed by atoms with Crippen LogP contribution in [0.3, 0.4) is 0 Å². The number of nitrogens with zero attached hydrogens (tertiary/aromatic N) is 2. The number of fused-ring (bicyclic) bond motifs is 4. The van der Waals surface area contributed by atoms with Gasteiger partial charge in [-0.3, -0.25) is 24.2 Å². The number of rotatable bonds is 7. The molecule has 0 unspecified atom stereocenters. The number of amides is 2. The zero-order valence-electron chi connectivity index (χ0n) is 26.4. The van der Waals surface area contributed by atoms with Gasteiger partial charge < -0.3 is 18.9 Å². The first-order valence-electron chi connectivity index (χ1n) is 14.1. The number of carbonyl (C=O) groups excluding carboxylic acids is 3. The molecule has 0 aliphatic carbocycles. The molecule has 2 aromatic rings. The fourth-order valence-corrected chi connectivity index (χ4v) is 5.66. The number of carbonyl (C=O) groups is 3. The lowest BCUT2D eigenvalue weighted by Gasteiger charge is -2.34. The van der Waals surface area contributed by atoms with E-state index in [0.29, 0.717) is 45.5 Å². The van der Waals surface area contributed by atoms with Crippen LogP contribution in [0, 0.1) is 10.8 Å². The Morgan fingerprint density at radius 3 is 1.77 bits per heavy atom. The molecule has 0 saturated carbocycles. The van der Waals surface area contributed by atoms with E-state index in [1.165, 1.54) is 19.1 Å². The molecular formula is C34H38N2O7. The summed E-state index contributed by atoms with van der Waals surface area (Å²) in [5.74, 6) is 1.03. The highest BCUT2D eigenvalue weighted by Crippen LogP contribution is 2.54. The predicted octanol–water partition coefficient (Wildman–Crippen LogP) is 5.54. The van der Waals surface area contributed by atoms with Crippen LogP contribution in [0.4, 0.5) is 0 Å². The van der Waals surface area contributed by atoms with Gasteiger partial charge in [-0.2, -0.15) is 0 Å². The van der Waals surface area contributed by atoms with Crippen molar-refractivity contribution in [1.29, 1.82) is 0 Å². The first kappa shape index (κ1) is 29.9. The average Bonchev–Trinajstić information content (AvgIpc) is 3.41. The van der Waals surface area contributed by atoms with Gasteiger partial charge in [0.2, 0.25) is 0 Å². The van der Waals surface area contributed by atoms with Crippen molar-refractivity contribution in [1.82, 2.24) is 9.80 Å². The zero-order valence-corrected chi connectivity index (χ0v) is 26.4. The highest BCUT2D eigenvalue weighted by Gasteiger charge is 2.51. The minimum Gasteiger partial charge on any atom is -0.493 e. The highest BCUT2D eigenvalue weighted by molar-refractivity contribution is 6.31. The number of ether oxygens (including phenoxy) is 4. The fraction of sp³-hybridized carbons (Fsp3) is 0.382. The maximum absolute atomic E-state index is 14.4. The second-order valence-corrected chi connectivity index (χ2v) is 12.8. The third kappa shape index (κ3) is 4.67. The molecule has 9 nitrogen and oxygen atoms in total. The Hall–Kier alpha value is -4.53. The van der Waals surface area contributed by atoms with Gasteiger partial charge in [0.1, 0.15) is 0 Å². The third-order valence-electron chi connectivity index (χ3n) is 8.06. The van der Waals surface area contributed by atoms with Crippen molar-refractivity contribution in [3.8, 4) is 23.0 Å². The average molecular weight is 587 g/mol. The molecule has 0 atom stereocenters. The summed E-state index contributed by atoms with van der Waals surface area (Å²) in [6, 6.07) is 8.90. The van der Waals surface area contributed by atoms with E-state index in [9.17, 15) is 14.4 Å². The smallest absolute Gasteiger partial charge is 0.265 e. The molecule has 0 bridgehead atoms. The van der Waals surface area contributed by atoms with Crippen LogP contribution in [0.1, 0.15) is 58.2 Å². The second kappa shape index (κ2) is 10.3. The zero-order chi connectivity index (χ0) is 31.6. The van der Waals surface area contributed by atoms with Crippen LogP contribution in [-0.4, -0.2) is 62.4 Å². The van der Waals surface area contributed by atoms with Crippen molar-refractivity contribution in [2.75, 3.05) is 35.0 Å². The normalized spacial score (nSPS) is 16.3. The number of allylic oxidation sites excluding steroid dienone is 1. The minimum absolute atomic E-state index is 0.139. The van der Waals surface area contributed by atoms with Gasteiger partial charge in [-0.1, -0.05) is 41.5 Å². The van der Waals surface area contributed by atoms with Crippen LogP contribution in [-0.2, 0) is 14.4 Å². The summed E-state index contributed by atoms with van der Waals surface area (Å²) in [6.45, 7) is 11.4. The largest absolute Gasteiger partial charge is 0.493 e. The van der Waals surface area contributed by atoms with Crippen molar-refractivity contribution >= 4 is 34.6 Å². The van der Waals surface area contributed by atoms with E-state index >= 15 is 0 Å². The van der Waals surface area contributed by atoms with Crippen LogP contribution >= 0.6 is 0 Å². The van der Waals surface area contributed by atoms with E-state index < -0.39 is 11.3 Å². The number of hydrogen-bond acceptors (Lipinski definition) is 7. The first-order chi connectivity index (χ1) is 20.2. The SMILES string of the molecule is COc1ccc(C2=C3C(=O)N4C=C(C(C)(C)C)c5cc(OC)c(OC)cc5C4=C3C(=O)N2CC(=O)C(C)(C)C)cc1OC. The standard InChI is InChI=1S/C34H38N2O7/c1-33(2,3)21-16-35-30(20-15-25(43-10)24(42-9)14-19(20)21)28-27(31(35)38)29(18-11-12-22(40-7)23(13-18)41-8)36(32(28)39)17-26(37)34(4,5)6/h11-16H,17H2,1-10H3. The molecule has 2 aromatic carbocycles. The molecule has 5 rings (SSSR count). The number of methoxy groups -OCH3 is 4. The summed E-state index contributed by atoms with van der Waals surface area (Å²) in [7, 11) is 6.17. The van der Waals surface area contributed by atoms with E-state index in [4.69, 9.17) is 18.9 Å². The van der Waals surface area contributed by atoms with E-state index in [1.54, 1.807) is 37.3 Å². The Morgan fingerprint density at radius 1 is 0.698 bits per heavy atom. The summed E-state index contributed by atoms with van der Waals surface area (Å²) >= 11 is 0. The number of ketones is 1. The lowest BCUT2D eigenvalue weighted by Crippen LogP contribution is -2.37. The topological polar surface area (TPSA) is 94.6 Å². The van der Waals surface area contributed by atoms with E-state index in [1.807, 2.05) is 39.1 Å². The van der Waals surface area contributed by atoms with Crippen LogP contribution in [0.15, 0.2) is 47.7 Å². The lowest BCUT2D eigenvalue weighted by atomic mass is 9.78. The summed E-state index contributed by atoms with van der Waals surface area (Å²) in [5, 5.41) is 0. The third-order valence-corrected chi connectivity index (χ3v) is 8.06. The van der Waals surface area contributed by atoms with Gasteiger partial charge in [0, 0.05) is 22.7 Å². The van der Waals surface area contributed by atoms with Crippen molar-refractivity contribution in [2.45, 2.75) is 41.5 Å². The molecule has 3 aliphatic heterocycles. The van der Waals surface area contributed by atoms with Gasteiger partial charge >= 0.3 is 0 Å². The van der Waals surface area contributed by atoms with Gasteiger partial charge in [-0.15, -0.1) is 0 Å². The highest BCUT2D eigenvalue weighted by atomic mass is 16.5. The van der Waals surface area contributed by atoms with Crippen molar-refractivity contribution in [3.63, 3.8) is 0 Å². The molecule has 3 heterocycles. The molecule has 0 radical (unpaired) electrons. The Labute approximate surface area is 252 Å². The second-order valence-electron chi connectivity index (χ2n) is 12.8. The van der Waals surface area contributed by atoms with Gasteiger partial charge in [-0.25, -0.2) is 0 Å². The van der Waals surface area contributed by atoms with Gasteiger partial charge in [0.15, 0.2) is 28.8 Å². The maximum atomic E-state index is 14.4. The molecule has 0 saturated heterocycles. The van der Waals surface area contributed by atoms with Crippen molar-refractivity contribution in [3.05, 3.63) is 64.4 Å². The van der Waals surface area contributed by atoms with E-state index in [2.05, 4.69) is 20.8 Å². The van der Waals surface area contributed by atoms with Gasteiger partial charge in [0.25, 0.3) is 11.8 Å². The Morgan fingerprint density at radius 2 is 1.23 bits per heavy atom. The fourth-order valence-electron chi connectivity index (χ4n) is 5.66. The van der Waals surface area contributed by atoms with Crippen LogP contribution < -0.4 is 18.9 Å². The van der Waals surface area contributed by atoms with Crippen LogP contribution in [0.5, 0.6) is 23.0 Å². The van der Waals surface area contributed by atoms with E-state index in [0.717, 1.165) is 11.1 Å². The van der Waals surface area contributed by atoms with Crippen molar-refractivity contribution < 1.29 is 33.3 Å². The van der Waals surface area contributed by atoms with Crippen LogP contribution in [0.25, 0.3) is 17.0 Å². The number of hydrogen-bond donors (Lipinski definition) is 0. The summed E-state index contributed by atoms with van der Waals surface area (Å²) in [4.78, 5) is 45.2. The number of Topliss-reactive ketones (excluding diaryl/α,β-unsaturated/α-hetero) is 1. The summed E-state index contributed by atoms with van der Waals surface area (Å²) in [5.41, 5.74) is 3.21. The van der Waals surface area contributed by atoms with Gasteiger partial charge in [-0.05, 0) is 46.9 Å². The number of benzene rings is 2. The lowest BCUT2D eigenvalue weighted by molar-refractivity contribution is -0.132. The molecule has 0 N–H and O–H groups in total. The van der Waals surface area contributed by atoms with Crippen LogP contribution in [0.2, 0.25) is 0 Å². The molecular weight excluding hydrogens is 548 g/mol. The molecule has 3 aliphatic rings. The van der Waals surface area contributed by atoms with Gasteiger partial charge in [0.05, 0.1) is 57.5 Å². The molecule has 226 valence electrons. The predicted molar refractivity (Wildman–Crippen MR) is 163 cm³/mol. The Bertz CT molecular complexity index is 1660. The van der Waals surface area contributed by atoms with Crippen molar-refractivity contribution in [2.24, 2.45) is 10.8 Å². The monoisotopic (exact) mass is 586 g/mol. The molecule has 2 amide bonds. The maximum Gasteiger partial charge on any atom is 0.265 e. The Balaban J connectivity index is 1.85. The minimum atomic E-state index is -0.703. The molecule has 0 fully saturated rings. The molecule has 9 heteroatoms. The molecule has 0 aromatic heterocycles. The Kier molecular flexibility index (Phi) is 7.19. The summed E-state index contributed by atoms with van der Waals surface area (Å²) in [6.07, 6.45) is 1.81.